The third-order valence-corrected chi connectivity index (χ3v) is 5.89. The van der Waals surface area contributed by atoms with Crippen molar-refractivity contribution < 1.29 is 13.2 Å². The van der Waals surface area contributed by atoms with E-state index in [-0.39, 0.29) is 4.21 Å². The summed E-state index contributed by atoms with van der Waals surface area (Å²) in [5, 5.41) is 5.50. The predicted octanol–water partition coefficient (Wildman–Crippen LogP) is 3.64. The molecule has 1 heterocycles. The molecular weight excluding hydrogens is 356 g/mol. The van der Waals surface area contributed by atoms with Gasteiger partial charge < -0.3 is 4.74 Å². The first-order valence-corrected chi connectivity index (χ1v) is 9.85. The van der Waals surface area contributed by atoms with Gasteiger partial charge in [0, 0.05) is 0 Å². The summed E-state index contributed by atoms with van der Waals surface area (Å²) in [5.74, 6) is 0.736. The zero-order chi connectivity index (χ0) is 17.5. The van der Waals surface area contributed by atoms with Crippen molar-refractivity contribution in [3.63, 3.8) is 0 Å². The Labute approximate surface area is 150 Å². The molecule has 25 heavy (non-hydrogen) atoms. The molecule has 0 aliphatic carbocycles. The largest absolute Gasteiger partial charge is 0.489 e. The average Bonchev–Trinajstić information content (AvgIpc) is 3.18. The Morgan fingerprint density at radius 3 is 2.44 bits per heavy atom. The molecule has 0 atom stereocenters. The normalized spacial score (nSPS) is 11.5. The molecule has 1 N–H and O–H groups in total. The first kappa shape index (κ1) is 17.2. The molecule has 7 heteroatoms. The summed E-state index contributed by atoms with van der Waals surface area (Å²) in [5.41, 5.74) is 1.86. The quantitative estimate of drug-likeness (QED) is 0.509. The van der Waals surface area contributed by atoms with Gasteiger partial charge in [-0.2, -0.15) is 18.4 Å². The Morgan fingerprint density at radius 2 is 1.76 bits per heavy atom. The minimum absolute atomic E-state index is 0.231. The fraction of sp³-hybridized carbons (Fsp3) is 0.0556. The Kier molecular flexibility index (Phi) is 5.47. The Morgan fingerprint density at radius 1 is 1.00 bits per heavy atom. The number of hydrazone groups is 1. The van der Waals surface area contributed by atoms with Crippen molar-refractivity contribution in [3.05, 3.63) is 83.2 Å². The molecule has 1 aromatic heterocycles. The summed E-state index contributed by atoms with van der Waals surface area (Å²) >= 11 is 1.14. The van der Waals surface area contributed by atoms with E-state index in [9.17, 15) is 8.42 Å². The summed E-state index contributed by atoms with van der Waals surface area (Å²) < 4.78 is 29.8. The van der Waals surface area contributed by atoms with E-state index >= 15 is 0 Å². The SMILES string of the molecule is O=S(=O)(N/N=C/c1ccc(OCc2ccccc2)cc1)c1cccs1. The summed E-state index contributed by atoms with van der Waals surface area (Å²) in [6.45, 7) is 0.495. The Hall–Kier alpha value is -2.64. The van der Waals surface area contributed by atoms with Crippen molar-refractivity contribution in [1.29, 1.82) is 0 Å². The number of nitrogens with zero attached hydrogens (tertiary/aromatic N) is 1. The van der Waals surface area contributed by atoms with Crippen LogP contribution in [0.4, 0.5) is 0 Å². The number of hydrogen-bond acceptors (Lipinski definition) is 5. The van der Waals surface area contributed by atoms with Crippen LogP contribution in [0.5, 0.6) is 5.75 Å². The molecule has 0 radical (unpaired) electrons. The van der Waals surface area contributed by atoms with Gasteiger partial charge in [0.15, 0.2) is 0 Å². The minimum Gasteiger partial charge on any atom is -0.489 e. The van der Waals surface area contributed by atoms with Crippen molar-refractivity contribution >= 4 is 27.6 Å². The maximum atomic E-state index is 11.9. The van der Waals surface area contributed by atoms with Crippen LogP contribution in [-0.2, 0) is 16.6 Å². The van der Waals surface area contributed by atoms with Crippen LogP contribution in [0.3, 0.4) is 0 Å². The van der Waals surface area contributed by atoms with E-state index in [1.165, 1.54) is 12.3 Å². The number of ether oxygens (including phenoxy) is 1. The fourth-order valence-electron chi connectivity index (χ4n) is 2.02. The molecule has 0 fully saturated rings. The second kappa shape index (κ2) is 7.96. The topological polar surface area (TPSA) is 67.8 Å². The van der Waals surface area contributed by atoms with Crippen LogP contribution in [0.25, 0.3) is 0 Å². The molecule has 0 unspecified atom stereocenters. The fourth-order valence-corrected chi connectivity index (χ4v) is 3.80. The number of nitrogens with one attached hydrogen (secondary N) is 1. The van der Waals surface area contributed by atoms with Crippen LogP contribution >= 0.6 is 11.3 Å². The number of hydrogen-bond donors (Lipinski definition) is 1. The number of sulfonamides is 1. The van der Waals surface area contributed by atoms with Gasteiger partial charge in [0.05, 0.1) is 6.21 Å². The second-order valence-electron chi connectivity index (χ2n) is 5.13. The highest BCUT2D eigenvalue weighted by Crippen LogP contribution is 2.15. The van der Waals surface area contributed by atoms with E-state index < -0.39 is 10.0 Å². The smallest absolute Gasteiger partial charge is 0.286 e. The third-order valence-electron chi connectivity index (χ3n) is 3.27. The molecule has 2 aromatic carbocycles. The van der Waals surface area contributed by atoms with Gasteiger partial charge in [-0.05, 0) is 46.8 Å². The van der Waals surface area contributed by atoms with Gasteiger partial charge in [0.1, 0.15) is 16.6 Å². The molecule has 0 amide bonds. The molecule has 0 aliphatic rings. The van der Waals surface area contributed by atoms with E-state index in [0.717, 1.165) is 28.2 Å². The second-order valence-corrected chi connectivity index (χ2v) is 7.96. The van der Waals surface area contributed by atoms with Crippen LogP contribution in [-0.4, -0.2) is 14.6 Å². The van der Waals surface area contributed by atoms with Crippen LogP contribution in [0, 0.1) is 0 Å². The zero-order valence-corrected chi connectivity index (χ0v) is 14.8. The highest BCUT2D eigenvalue weighted by Gasteiger charge is 2.12. The van der Waals surface area contributed by atoms with Gasteiger partial charge in [-0.3, -0.25) is 0 Å². The monoisotopic (exact) mass is 372 g/mol. The lowest BCUT2D eigenvalue weighted by molar-refractivity contribution is 0.306. The van der Waals surface area contributed by atoms with Gasteiger partial charge in [0.25, 0.3) is 10.0 Å². The highest BCUT2D eigenvalue weighted by atomic mass is 32.2. The standard InChI is InChI=1S/C18H16N2O3S2/c21-25(22,18-7-4-12-24-18)20-19-13-15-8-10-17(11-9-15)23-14-16-5-2-1-3-6-16/h1-13,20H,14H2/b19-13+. The minimum atomic E-state index is -3.59. The van der Waals surface area contributed by atoms with Crippen LogP contribution < -0.4 is 9.57 Å². The Bertz CT molecular complexity index is 920. The van der Waals surface area contributed by atoms with Crippen LogP contribution in [0.1, 0.15) is 11.1 Å². The molecule has 0 saturated heterocycles. The lowest BCUT2D eigenvalue weighted by Crippen LogP contribution is -2.17. The Balaban J connectivity index is 1.55. The van der Waals surface area contributed by atoms with Gasteiger partial charge >= 0.3 is 0 Å². The lowest BCUT2D eigenvalue weighted by Gasteiger charge is -2.06. The molecular formula is C18H16N2O3S2. The van der Waals surface area contributed by atoms with E-state index in [2.05, 4.69) is 9.93 Å². The predicted molar refractivity (Wildman–Crippen MR) is 99.5 cm³/mol. The van der Waals surface area contributed by atoms with E-state index in [1.807, 2.05) is 54.6 Å². The zero-order valence-electron chi connectivity index (χ0n) is 13.2. The number of rotatable bonds is 7. The lowest BCUT2D eigenvalue weighted by atomic mass is 10.2. The van der Waals surface area contributed by atoms with E-state index in [4.69, 9.17) is 4.74 Å². The van der Waals surface area contributed by atoms with Crippen molar-refractivity contribution in [3.8, 4) is 5.75 Å². The van der Waals surface area contributed by atoms with Gasteiger partial charge in [-0.1, -0.05) is 36.4 Å². The third kappa shape index (κ3) is 4.91. The van der Waals surface area contributed by atoms with Crippen molar-refractivity contribution in [2.75, 3.05) is 0 Å². The van der Waals surface area contributed by atoms with Crippen LogP contribution in [0.15, 0.2) is 81.4 Å². The van der Waals surface area contributed by atoms with Crippen molar-refractivity contribution in [2.45, 2.75) is 10.8 Å². The molecule has 0 saturated carbocycles. The molecule has 0 bridgehead atoms. The maximum absolute atomic E-state index is 11.9. The van der Waals surface area contributed by atoms with Gasteiger partial charge in [0.2, 0.25) is 0 Å². The van der Waals surface area contributed by atoms with Gasteiger partial charge in [-0.15, -0.1) is 11.3 Å². The molecule has 3 rings (SSSR count). The van der Waals surface area contributed by atoms with Crippen molar-refractivity contribution in [2.24, 2.45) is 5.10 Å². The summed E-state index contributed by atoms with van der Waals surface area (Å²) in [6, 6.07) is 20.4. The average molecular weight is 372 g/mol. The summed E-state index contributed by atoms with van der Waals surface area (Å²) in [4.78, 5) is 2.19. The van der Waals surface area contributed by atoms with Gasteiger partial charge in [-0.25, -0.2) is 0 Å². The maximum Gasteiger partial charge on any atom is 0.286 e. The first-order valence-electron chi connectivity index (χ1n) is 7.49. The first-order chi connectivity index (χ1) is 12.1. The molecule has 0 spiro atoms. The molecule has 0 aliphatic heterocycles. The van der Waals surface area contributed by atoms with E-state index in [0.29, 0.717) is 6.61 Å². The number of thiophene rings is 1. The summed E-state index contributed by atoms with van der Waals surface area (Å²) in [6.07, 6.45) is 1.45. The summed E-state index contributed by atoms with van der Waals surface area (Å²) in [7, 11) is -3.59. The number of benzene rings is 2. The highest BCUT2D eigenvalue weighted by molar-refractivity contribution is 7.91. The molecule has 128 valence electrons. The van der Waals surface area contributed by atoms with Crippen LogP contribution in [0.2, 0.25) is 0 Å². The van der Waals surface area contributed by atoms with Crippen molar-refractivity contribution in [1.82, 2.24) is 4.83 Å². The molecule has 3 aromatic rings. The molecule has 5 nitrogen and oxygen atoms in total. The van der Waals surface area contributed by atoms with E-state index in [1.54, 1.807) is 11.4 Å².